The summed E-state index contributed by atoms with van der Waals surface area (Å²) < 4.78 is 25.5. The third-order valence-electron chi connectivity index (χ3n) is 4.28. The zero-order valence-corrected chi connectivity index (χ0v) is 16.3. The second kappa shape index (κ2) is 7.36. The number of nitrogens with zero attached hydrogens (tertiary/aromatic N) is 3. The SMILES string of the molecule is COc1ccc2c(c1)ncn2S(=O)c1nc(CC(N)=O)c(C)c(OC)c1C. The average Bonchev–Trinajstić information content (AvgIpc) is 3.06. The Morgan fingerprint density at radius 1 is 1.22 bits per heavy atom. The lowest BCUT2D eigenvalue weighted by atomic mass is 10.1. The smallest absolute Gasteiger partial charge is 0.223 e. The fraction of sp³-hybridized carbons (Fsp3) is 0.278. The molecule has 0 aliphatic rings. The van der Waals surface area contributed by atoms with Crippen molar-refractivity contribution in [2.45, 2.75) is 25.3 Å². The predicted octanol–water partition coefficient (Wildman–Crippen LogP) is 1.66. The van der Waals surface area contributed by atoms with Gasteiger partial charge in [0.15, 0.2) is 16.0 Å². The van der Waals surface area contributed by atoms with Gasteiger partial charge in [0.2, 0.25) is 5.91 Å². The van der Waals surface area contributed by atoms with Crippen molar-refractivity contribution in [1.29, 1.82) is 0 Å². The maximum Gasteiger partial charge on any atom is 0.223 e. The van der Waals surface area contributed by atoms with Gasteiger partial charge in [0.25, 0.3) is 0 Å². The molecule has 1 aromatic carbocycles. The molecule has 0 radical (unpaired) electrons. The van der Waals surface area contributed by atoms with E-state index in [1.54, 1.807) is 39.2 Å². The molecule has 9 heteroatoms. The van der Waals surface area contributed by atoms with Gasteiger partial charge in [0.05, 0.1) is 37.4 Å². The summed E-state index contributed by atoms with van der Waals surface area (Å²) in [4.78, 5) is 20.1. The first-order valence-corrected chi connectivity index (χ1v) is 9.23. The summed E-state index contributed by atoms with van der Waals surface area (Å²) in [7, 11) is 1.41. The number of benzene rings is 1. The highest BCUT2D eigenvalue weighted by molar-refractivity contribution is 7.83. The zero-order chi connectivity index (χ0) is 19.7. The van der Waals surface area contributed by atoms with Crippen LogP contribution in [0.4, 0.5) is 0 Å². The molecule has 1 amide bonds. The molecule has 2 heterocycles. The van der Waals surface area contributed by atoms with Crippen LogP contribution in [0.3, 0.4) is 0 Å². The maximum atomic E-state index is 13.3. The summed E-state index contributed by atoms with van der Waals surface area (Å²) in [5.74, 6) is 0.678. The van der Waals surface area contributed by atoms with Crippen molar-refractivity contribution in [2.24, 2.45) is 5.73 Å². The molecule has 27 heavy (non-hydrogen) atoms. The molecular formula is C18H20N4O4S. The summed E-state index contributed by atoms with van der Waals surface area (Å²) in [6.07, 6.45) is 1.43. The van der Waals surface area contributed by atoms with E-state index < -0.39 is 16.9 Å². The van der Waals surface area contributed by atoms with E-state index in [1.807, 2.05) is 0 Å². The molecule has 3 aromatic rings. The molecule has 0 saturated heterocycles. The van der Waals surface area contributed by atoms with Crippen molar-refractivity contribution in [3.63, 3.8) is 0 Å². The Bertz CT molecular complexity index is 1060. The van der Waals surface area contributed by atoms with Crippen molar-refractivity contribution in [2.75, 3.05) is 14.2 Å². The molecule has 0 bridgehead atoms. The number of aromatic nitrogens is 3. The van der Waals surface area contributed by atoms with Crippen LogP contribution in [0.5, 0.6) is 11.5 Å². The van der Waals surface area contributed by atoms with Gasteiger partial charge in [-0.05, 0) is 26.0 Å². The van der Waals surface area contributed by atoms with Crippen molar-refractivity contribution in [3.8, 4) is 11.5 Å². The van der Waals surface area contributed by atoms with E-state index in [4.69, 9.17) is 15.2 Å². The lowest BCUT2D eigenvalue weighted by Crippen LogP contribution is -2.18. The molecule has 1 unspecified atom stereocenters. The van der Waals surface area contributed by atoms with Gasteiger partial charge in [-0.3, -0.25) is 4.79 Å². The van der Waals surface area contributed by atoms with Gasteiger partial charge in [0, 0.05) is 17.2 Å². The topological polar surface area (TPSA) is 109 Å². The third kappa shape index (κ3) is 3.37. The Hall–Kier alpha value is -2.94. The second-order valence-corrected chi connectivity index (χ2v) is 7.24. The number of amides is 1. The first kappa shape index (κ1) is 18.8. The molecule has 142 valence electrons. The Labute approximate surface area is 158 Å². The third-order valence-corrected chi connectivity index (χ3v) is 5.66. The average molecular weight is 388 g/mol. The molecular weight excluding hydrogens is 368 g/mol. The Kier molecular flexibility index (Phi) is 5.13. The molecule has 0 saturated carbocycles. The van der Waals surface area contributed by atoms with Crippen LogP contribution in [0.2, 0.25) is 0 Å². The highest BCUT2D eigenvalue weighted by atomic mass is 32.2. The number of carbonyl (C=O) groups is 1. The minimum absolute atomic E-state index is 0.0610. The molecule has 0 fully saturated rings. The van der Waals surface area contributed by atoms with Crippen LogP contribution >= 0.6 is 0 Å². The standard InChI is InChI=1S/C18H20N4O4S/c1-10-13(8-16(19)23)21-18(11(2)17(10)26-4)27(24)22-9-20-14-7-12(25-3)5-6-15(14)22/h5-7,9H,8H2,1-4H3,(H2,19,23). The predicted molar refractivity (Wildman–Crippen MR) is 101 cm³/mol. The molecule has 3 rings (SSSR count). The monoisotopic (exact) mass is 388 g/mol. The number of imidazole rings is 1. The van der Waals surface area contributed by atoms with Crippen LogP contribution in [0.25, 0.3) is 11.0 Å². The Morgan fingerprint density at radius 3 is 2.59 bits per heavy atom. The number of fused-ring (bicyclic) bond motifs is 1. The van der Waals surface area contributed by atoms with Gasteiger partial charge in [-0.15, -0.1) is 0 Å². The number of methoxy groups -OCH3 is 2. The van der Waals surface area contributed by atoms with E-state index in [-0.39, 0.29) is 6.42 Å². The van der Waals surface area contributed by atoms with Crippen LogP contribution < -0.4 is 15.2 Å². The van der Waals surface area contributed by atoms with Crippen LogP contribution in [-0.4, -0.2) is 38.3 Å². The van der Waals surface area contributed by atoms with Crippen molar-refractivity contribution in [3.05, 3.63) is 41.3 Å². The lowest BCUT2D eigenvalue weighted by molar-refractivity contribution is -0.117. The van der Waals surface area contributed by atoms with Crippen LogP contribution in [0.1, 0.15) is 16.8 Å². The summed E-state index contributed by atoms with van der Waals surface area (Å²) in [5, 5.41) is 0.295. The highest BCUT2D eigenvalue weighted by Crippen LogP contribution is 2.30. The van der Waals surface area contributed by atoms with Crippen molar-refractivity contribution >= 4 is 27.9 Å². The number of carbonyl (C=O) groups excluding carboxylic acids is 1. The first-order chi connectivity index (χ1) is 12.9. The van der Waals surface area contributed by atoms with Gasteiger partial charge >= 0.3 is 0 Å². The molecule has 2 aromatic heterocycles. The summed E-state index contributed by atoms with van der Waals surface area (Å²) in [6.45, 7) is 3.57. The fourth-order valence-electron chi connectivity index (χ4n) is 2.94. The van der Waals surface area contributed by atoms with E-state index in [2.05, 4.69) is 9.97 Å². The van der Waals surface area contributed by atoms with Crippen molar-refractivity contribution < 1.29 is 18.5 Å². The summed E-state index contributed by atoms with van der Waals surface area (Å²) in [6, 6.07) is 5.31. The van der Waals surface area contributed by atoms with E-state index in [0.29, 0.717) is 44.4 Å². The molecule has 0 aliphatic heterocycles. The number of ether oxygens (including phenoxy) is 2. The lowest BCUT2D eigenvalue weighted by Gasteiger charge is -2.16. The van der Waals surface area contributed by atoms with Gasteiger partial charge < -0.3 is 15.2 Å². The summed E-state index contributed by atoms with van der Waals surface area (Å²) >= 11 is 0. The van der Waals surface area contributed by atoms with Crippen molar-refractivity contribution in [1.82, 2.24) is 13.9 Å². The van der Waals surface area contributed by atoms with Gasteiger partial charge in [-0.25, -0.2) is 18.1 Å². The van der Waals surface area contributed by atoms with Gasteiger partial charge in [-0.1, -0.05) is 0 Å². The maximum absolute atomic E-state index is 13.3. The number of nitrogens with two attached hydrogens (primary N) is 1. The Morgan fingerprint density at radius 2 is 1.96 bits per heavy atom. The fourth-order valence-corrected chi connectivity index (χ4v) is 4.13. The molecule has 0 spiro atoms. The zero-order valence-electron chi connectivity index (χ0n) is 15.5. The molecule has 0 aliphatic carbocycles. The van der Waals surface area contributed by atoms with Crippen LogP contribution in [-0.2, 0) is 22.2 Å². The number of pyridine rings is 1. The normalized spacial score (nSPS) is 12.1. The quantitative estimate of drug-likeness (QED) is 0.688. The minimum Gasteiger partial charge on any atom is -0.497 e. The van der Waals surface area contributed by atoms with Crippen LogP contribution in [0.15, 0.2) is 29.6 Å². The Balaban J connectivity index is 2.15. The molecule has 8 nitrogen and oxygen atoms in total. The minimum atomic E-state index is -1.69. The molecule has 2 N–H and O–H groups in total. The highest BCUT2D eigenvalue weighted by Gasteiger charge is 2.22. The van der Waals surface area contributed by atoms with E-state index >= 15 is 0 Å². The van der Waals surface area contributed by atoms with E-state index in [1.165, 1.54) is 17.4 Å². The number of hydrogen-bond acceptors (Lipinski definition) is 6. The second-order valence-electron chi connectivity index (χ2n) is 5.96. The largest absolute Gasteiger partial charge is 0.497 e. The molecule has 1 atom stereocenters. The first-order valence-electron chi connectivity index (χ1n) is 8.13. The van der Waals surface area contributed by atoms with Gasteiger partial charge in [0.1, 0.15) is 17.8 Å². The summed E-state index contributed by atoms with van der Waals surface area (Å²) in [5.41, 5.74) is 8.43. The van der Waals surface area contributed by atoms with E-state index in [9.17, 15) is 9.00 Å². The number of hydrogen-bond donors (Lipinski definition) is 1. The van der Waals surface area contributed by atoms with E-state index in [0.717, 1.165) is 0 Å². The number of primary amides is 1. The number of rotatable bonds is 6. The van der Waals surface area contributed by atoms with Gasteiger partial charge in [-0.2, -0.15) is 0 Å². The van der Waals surface area contributed by atoms with Crippen LogP contribution in [0, 0.1) is 13.8 Å².